The number of benzene rings is 1. The number of amides is 1. The SMILES string of the molecule is CN(C(=O)C1CCOC2(CCCC2)C1)c1ccc(F)cc1Cl. The minimum absolute atomic E-state index is 0.0435. The third-order valence-electron chi connectivity index (χ3n) is 4.96. The second-order valence-electron chi connectivity index (χ2n) is 6.42. The molecule has 1 spiro atoms. The topological polar surface area (TPSA) is 29.5 Å². The summed E-state index contributed by atoms with van der Waals surface area (Å²) in [5, 5.41) is 0.262. The minimum Gasteiger partial charge on any atom is -0.375 e. The number of hydrogen-bond donors (Lipinski definition) is 0. The van der Waals surface area contributed by atoms with E-state index in [-0.39, 0.29) is 22.4 Å². The highest BCUT2D eigenvalue weighted by molar-refractivity contribution is 6.33. The summed E-state index contributed by atoms with van der Waals surface area (Å²) >= 11 is 6.07. The summed E-state index contributed by atoms with van der Waals surface area (Å²) in [6.45, 7) is 0.640. The second kappa shape index (κ2) is 6.17. The summed E-state index contributed by atoms with van der Waals surface area (Å²) in [7, 11) is 1.71. The van der Waals surface area contributed by atoms with Crippen molar-refractivity contribution in [3.05, 3.63) is 29.0 Å². The van der Waals surface area contributed by atoms with Crippen LogP contribution in [0.5, 0.6) is 0 Å². The molecule has 1 atom stereocenters. The molecular formula is C17H21ClFNO2. The van der Waals surface area contributed by atoms with Crippen LogP contribution < -0.4 is 4.90 Å². The van der Waals surface area contributed by atoms with E-state index >= 15 is 0 Å². The predicted molar refractivity (Wildman–Crippen MR) is 84.7 cm³/mol. The largest absolute Gasteiger partial charge is 0.375 e. The maximum absolute atomic E-state index is 13.2. The second-order valence-corrected chi connectivity index (χ2v) is 6.83. The van der Waals surface area contributed by atoms with Gasteiger partial charge >= 0.3 is 0 Å². The summed E-state index contributed by atoms with van der Waals surface area (Å²) in [5.74, 6) is -0.397. The van der Waals surface area contributed by atoms with E-state index < -0.39 is 5.82 Å². The van der Waals surface area contributed by atoms with Crippen LogP contribution in [0.1, 0.15) is 38.5 Å². The monoisotopic (exact) mass is 325 g/mol. The molecule has 120 valence electrons. The van der Waals surface area contributed by atoms with Crippen LogP contribution in [0.4, 0.5) is 10.1 Å². The molecule has 2 fully saturated rings. The van der Waals surface area contributed by atoms with Crippen molar-refractivity contribution in [3.8, 4) is 0 Å². The summed E-state index contributed by atoms with van der Waals surface area (Å²) in [6.07, 6.45) is 6.00. The van der Waals surface area contributed by atoms with E-state index in [0.717, 1.165) is 25.7 Å². The van der Waals surface area contributed by atoms with Gasteiger partial charge in [0.25, 0.3) is 0 Å². The van der Waals surface area contributed by atoms with Crippen molar-refractivity contribution >= 4 is 23.2 Å². The Morgan fingerprint density at radius 2 is 2.14 bits per heavy atom. The molecule has 0 aromatic heterocycles. The molecular weight excluding hydrogens is 305 g/mol. The van der Waals surface area contributed by atoms with Crippen molar-refractivity contribution < 1.29 is 13.9 Å². The average molecular weight is 326 g/mol. The zero-order valence-corrected chi connectivity index (χ0v) is 13.5. The first-order valence-corrected chi connectivity index (χ1v) is 8.25. The molecule has 1 aliphatic heterocycles. The fourth-order valence-electron chi connectivity index (χ4n) is 3.75. The molecule has 1 aliphatic carbocycles. The molecule has 1 saturated heterocycles. The van der Waals surface area contributed by atoms with E-state index in [0.29, 0.717) is 12.3 Å². The number of carbonyl (C=O) groups is 1. The van der Waals surface area contributed by atoms with Crippen molar-refractivity contribution in [2.45, 2.75) is 44.1 Å². The van der Waals surface area contributed by atoms with Crippen LogP contribution in [0.25, 0.3) is 0 Å². The molecule has 1 aromatic rings. The fraction of sp³-hybridized carbons (Fsp3) is 0.588. The zero-order chi connectivity index (χ0) is 15.7. The van der Waals surface area contributed by atoms with Crippen LogP contribution in [0.2, 0.25) is 5.02 Å². The lowest BCUT2D eigenvalue weighted by Crippen LogP contribution is -2.44. The highest BCUT2D eigenvalue weighted by atomic mass is 35.5. The molecule has 1 aromatic carbocycles. The third kappa shape index (κ3) is 2.99. The Balaban J connectivity index is 1.75. The number of nitrogens with zero attached hydrogens (tertiary/aromatic N) is 1. The van der Waals surface area contributed by atoms with Gasteiger partial charge in [0, 0.05) is 19.6 Å². The van der Waals surface area contributed by atoms with Crippen LogP contribution in [-0.2, 0) is 9.53 Å². The molecule has 1 heterocycles. The smallest absolute Gasteiger partial charge is 0.230 e. The molecule has 3 nitrogen and oxygen atoms in total. The van der Waals surface area contributed by atoms with Gasteiger partial charge < -0.3 is 9.64 Å². The molecule has 0 bridgehead atoms. The quantitative estimate of drug-likeness (QED) is 0.816. The summed E-state index contributed by atoms with van der Waals surface area (Å²) < 4.78 is 19.1. The molecule has 1 unspecified atom stereocenters. The summed E-state index contributed by atoms with van der Waals surface area (Å²) in [4.78, 5) is 14.3. The summed E-state index contributed by atoms with van der Waals surface area (Å²) in [6, 6.07) is 4.12. The lowest BCUT2D eigenvalue weighted by molar-refractivity contribution is -0.135. The van der Waals surface area contributed by atoms with Crippen LogP contribution in [0.15, 0.2) is 18.2 Å². The maximum Gasteiger partial charge on any atom is 0.230 e. The van der Waals surface area contributed by atoms with Gasteiger partial charge in [-0.1, -0.05) is 24.4 Å². The van der Waals surface area contributed by atoms with E-state index in [9.17, 15) is 9.18 Å². The number of rotatable bonds is 2. The number of halogens is 2. The number of ether oxygens (including phenoxy) is 1. The first-order chi connectivity index (χ1) is 10.5. The van der Waals surface area contributed by atoms with Gasteiger partial charge in [0.2, 0.25) is 5.91 Å². The third-order valence-corrected chi connectivity index (χ3v) is 5.26. The van der Waals surface area contributed by atoms with Gasteiger partial charge in [0.15, 0.2) is 0 Å². The fourth-order valence-corrected chi connectivity index (χ4v) is 4.05. The highest BCUT2D eigenvalue weighted by Gasteiger charge is 2.42. The van der Waals surface area contributed by atoms with E-state index in [1.807, 2.05) is 0 Å². The zero-order valence-electron chi connectivity index (χ0n) is 12.8. The number of hydrogen-bond acceptors (Lipinski definition) is 2. The lowest BCUT2D eigenvalue weighted by Gasteiger charge is -2.38. The molecule has 0 N–H and O–H groups in total. The molecule has 22 heavy (non-hydrogen) atoms. The molecule has 1 amide bonds. The Labute approximate surface area is 135 Å². The van der Waals surface area contributed by atoms with Gasteiger partial charge in [-0.05, 0) is 43.9 Å². The first kappa shape index (κ1) is 15.8. The van der Waals surface area contributed by atoms with E-state index in [2.05, 4.69) is 0 Å². The van der Waals surface area contributed by atoms with Gasteiger partial charge in [-0.25, -0.2) is 4.39 Å². The van der Waals surface area contributed by atoms with E-state index in [1.165, 1.54) is 25.0 Å². The summed E-state index contributed by atoms with van der Waals surface area (Å²) in [5.41, 5.74) is 0.464. The Morgan fingerprint density at radius 1 is 1.41 bits per heavy atom. The predicted octanol–water partition coefficient (Wildman–Crippen LogP) is 4.18. The van der Waals surface area contributed by atoms with Gasteiger partial charge in [-0.15, -0.1) is 0 Å². The Morgan fingerprint density at radius 3 is 2.82 bits per heavy atom. The average Bonchev–Trinajstić information content (AvgIpc) is 2.93. The van der Waals surface area contributed by atoms with Crippen molar-refractivity contribution in [1.29, 1.82) is 0 Å². The Bertz CT molecular complexity index is 572. The molecule has 2 aliphatic rings. The number of carbonyl (C=O) groups excluding carboxylic acids is 1. The lowest BCUT2D eigenvalue weighted by atomic mass is 9.84. The van der Waals surface area contributed by atoms with Gasteiger partial charge in [-0.3, -0.25) is 4.79 Å². The van der Waals surface area contributed by atoms with Crippen LogP contribution >= 0.6 is 11.6 Å². The van der Waals surface area contributed by atoms with Crippen molar-refractivity contribution in [3.63, 3.8) is 0 Å². The van der Waals surface area contributed by atoms with Gasteiger partial charge in [-0.2, -0.15) is 0 Å². The van der Waals surface area contributed by atoms with Crippen molar-refractivity contribution in [1.82, 2.24) is 0 Å². The van der Waals surface area contributed by atoms with Gasteiger partial charge in [0.05, 0.1) is 16.3 Å². The Hall–Kier alpha value is -1.13. The highest BCUT2D eigenvalue weighted by Crippen LogP contribution is 2.42. The van der Waals surface area contributed by atoms with Crippen molar-refractivity contribution in [2.75, 3.05) is 18.6 Å². The Kier molecular flexibility index (Phi) is 4.42. The maximum atomic E-state index is 13.2. The molecule has 5 heteroatoms. The minimum atomic E-state index is -0.398. The van der Waals surface area contributed by atoms with E-state index in [4.69, 9.17) is 16.3 Å². The first-order valence-electron chi connectivity index (χ1n) is 7.87. The number of anilines is 1. The molecule has 0 radical (unpaired) electrons. The van der Waals surface area contributed by atoms with Crippen molar-refractivity contribution in [2.24, 2.45) is 5.92 Å². The van der Waals surface area contributed by atoms with Gasteiger partial charge in [0.1, 0.15) is 5.82 Å². The molecule has 3 rings (SSSR count). The van der Waals surface area contributed by atoms with E-state index in [1.54, 1.807) is 18.0 Å². The van der Waals surface area contributed by atoms with Crippen LogP contribution in [0.3, 0.4) is 0 Å². The van der Waals surface area contributed by atoms with Crippen LogP contribution in [0, 0.1) is 11.7 Å². The van der Waals surface area contributed by atoms with Crippen LogP contribution in [-0.4, -0.2) is 25.2 Å². The normalized spacial score (nSPS) is 23.7. The molecule has 1 saturated carbocycles. The standard InChI is InChI=1S/C17H21ClFNO2/c1-20(15-5-4-13(19)10-14(15)18)16(21)12-6-9-22-17(11-12)7-2-3-8-17/h4-5,10,12H,2-3,6-9,11H2,1H3.